The molecule has 0 spiro atoms. The molecule has 0 bridgehead atoms. The summed E-state index contributed by atoms with van der Waals surface area (Å²) in [6, 6.07) is 3.82. The molecule has 0 atom stereocenters. The molecule has 1 aliphatic heterocycles. The number of hydrogen-bond acceptors (Lipinski definition) is 2. The largest absolute Gasteiger partial charge is 0.345 e. The maximum absolute atomic E-state index is 10.8. The van der Waals surface area contributed by atoms with Gasteiger partial charge in [-0.05, 0) is 51.0 Å². The van der Waals surface area contributed by atoms with E-state index >= 15 is 0 Å². The van der Waals surface area contributed by atoms with Gasteiger partial charge in [-0.3, -0.25) is 4.79 Å². The Kier molecular flexibility index (Phi) is 3.21. The van der Waals surface area contributed by atoms with Crippen LogP contribution in [0.5, 0.6) is 0 Å². The minimum Gasteiger partial charge on any atom is -0.345 e. The number of aromatic nitrogens is 1. The number of carbonyl (C=O) groups excluding carboxylic acids is 1. The topological polar surface area (TPSA) is 25.2 Å². The molecule has 1 aromatic rings. The number of carbonyl (C=O) groups is 1. The average molecular weight is 206 g/mol. The number of likely N-dealkylation sites (tertiary alicyclic amines) is 1. The van der Waals surface area contributed by atoms with Gasteiger partial charge in [0.25, 0.3) is 0 Å². The summed E-state index contributed by atoms with van der Waals surface area (Å²) in [5, 5.41) is 0. The van der Waals surface area contributed by atoms with E-state index in [2.05, 4.69) is 16.5 Å². The Hall–Kier alpha value is -1.09. The molecule has 0 radical (unpaired) electrons. The molecule has 1 aliphatic rings. The zero-order chi connectivity index (χ0) is 10.7. The van der Waals surface area contributed by atoms with Gasteiger partial charge in [0.15, 0.2) is 6.29 Å². The first kappa shape index (κ1) is 10.4. The van der Waals surface area contributed by atoms with Crippen molar-refractivity contribution in [3.05, 3.63) is 24.0 Å². The zero-order valence-electron chi connectivity index (χ0n) is 9.22. The smallest absolute Gasteiger partial charge is 0.166 e. The van der Waals surface area contributed by atoms with Crippen LogP contribution in [0.4, 0.5) is 0 Å². The summed E-state index contributed by atoms with van der Waals surface area (Å²) in [4.78, 5) is 13.1. The number of hydrogen-bond donors (Lipinski definition) is 0. The highest BCUT2D eigenvalue weighted by molar-refractivity contribution is 5.72. The summed E-state index contributed by atoms with van der Waals surface area (Å²) in [6.45, 7) is 3.36. The molecular formula is C12H18N2O. The predicted molar refractivity (Wildman–Crippen MR) is 60.0 cm³/mol. The van der Waals surface area contributed by atoms with E-state index in [9.17, 15) is 4.79 Å². The summed E-state index contributed by atoms with van der Waals surface area (Å²) in [5.74, 6) is 0.729. The van der Waals surface area contributed by atoms with E-state index in [1.165, 1.54) is 25.9 Å². The Morgan fingerprint density at radius 2 is 2.20 bits per heavy atom. The van der Waals surface area contributed by atoms with Gasteiger partial charge in [0.05, 0.1) is 5.69 Å². The van der Waals surface area contributed by atoms with Gasteiger partial charge in [-0.1, -0.05) is 0 Å². The molecule has 3 nitrogen and oxygen atoms in total. The van der Waals surface area contributed by atoms with Crippen molar-refractivity contribution in [1.29, 1.82) is 0 Å². The second kappa shape index (κ2) is 4.62. The minimum absolute atomic E-state index is 0.729. The highest BCUT2D eigenvalue weighted by Gasteiger charge is 2.17. The van der Waals surface area contributed by atoms with Gasteiger partial charge >= 0.3 is 0 Å². The van der Waals surface area contributed by atoms with Gasteiger partial charge in [0.2, 0.25) is 0 Å². The normalized spacial score (nSPS) is 19.3. The van der Waals surface area contributed by atoms with Crippen molar-refractivity contribution in [2.24, 2.45) is 5.92 Å². The molecule has 1 saturated heterocycles. The van der Waals surface area contributed by atoms with Gasteiger partial charge < -0.3 is 9.47 Å². The molecule has 0 N–H and O–H groups in total. The van der Waals surface area contributed by atoms with Crippen LogP contribution in [0.15, 0.2) is 18.3 Å². The van der Waals surface area contributed by atoms with E-state index in [-0.39, 0.29) is 0 Å². The van der Waals surface area contributed by atoms with E-state index in [1.807, 2.05) is 18.3 Å². The third kappa shape index (κ3) is 2.48. The van der Waals surface area contributed by atoms with Crippen molar-refractivity contribution >= 4 is 6.29 Å². The quantitative estimate of drug-likeness (QED) is 0.702. The van der Waals surface area contributed by atoms with E-state index in [0.717, 1.165) is 24.4 Å². The summed E-state index contributed by atoms with van der Waals surface area (Å²) in [5.41, 5.74) is 0.800. The summed E-state index contributed by atoms with van der Waals surface area (Å²) >= 11 is 0. The molecule has 0 aromatic carbocycles. The van der Waals surface area contributed by atoms with Crippen molar-refractivity contribution in [1.82, 2.24) is 9.47 Å². The summed E-state index contributed by atoms with van der Waals surface area (Å²) < 4.78 is 2.07. The number of piperidine rings is 1. The molecule has 2 heterocycles. The molecule has 0 amide bonds. The van der Waals surface area contributed by atoms with Crippen LogP contribution in [0.25, 0.3) is 0 Å². The first-order valence-corrected chi connectivity index (χ1v) is 5.58. The monoisotopic (exact) mass is 206 g/mol. The Morgan fingerprint density at radius 3 is 2.87 bits per heavy atom. The SMILES string of the molecule is CN1CCC(Cn2cccc2C=O)CC1. The molecule has 0 saturated carbocycles. The van der Waals surface area contributed by atoms with Crippen molar-refractivity contribution < 1.29 is 4.79 Å². The maximum atomic E-state index is 10.8. The molecule has 1 aromatic heterocycles. The Balaban J connectivity index is 1.94. The van der Waals surface area contributed by atoms with Gasteiger partial charge in [0.1, 0.15) is 0 Å². The standard InChI is InChI=1S/C12H18N2O/c1-13-7-4-11(5-8-13)9-14-6-2-3-12(14)10-15/h2-3,6,10-11H,4-5,7-9H2,1H3. The Morgan fingerprint density at radius 1 is 1.47 bits per heavy atom. The van der Waals surface area contributed by atoms with Crippen LogP contribution < -0.4 is 0 Å². The minimum atomic E-state index is 0.729. The fourth-order valence-electron chi connectivity index (χ4n) is 2.22. The molecular weight excluding hydrogens is 188 g/mol. The zero-order valence-corrected chi connectivity index (χ0v) is 9.22. The van der Waals surface area contributed by atoms with Crippen molar-refractivity contribution in [3.8, 4) is 0 Å². The van der Waals surface area contributed by atoms with Crippen molar-refractivity contribution in [3.63, 3.8) is 0 Å². The lowest BCUT2D eigenvalue weighted by molar-refractivity contribution is 0.111. The second-order valence-electron chi connectivity index (χ2n) is 4.45. The highest BCUT2D eigenvalue weighted by atomic mass is 16.1. The number of rotatable bonds is 3. The predicted octanol–water partition coefficient (Wildman–Crippen LogP) is 1.64. The number of nitrogens with zero attached hydrogens (tertiary/aromatic N) is 2. The third-order valence-corrected chi connectivity index (χ3v) is 3.28. The Labute approximate surface area is 90.7 Å². The van der Waals surface area contributed by atoms with Crippen LogP contribution in [0.3, 0.4) is 0 Å². The number of aldehydes is 1. The van der Waals surface area contributed by atoms with Gasteiger partial charge in [-0.25, -0.2) is 0 Å². The Bertz CT molecular complexity index is 324. The fraction of sp³-hybridized carbons (Fsp3) is 0.583. The molecule has 82 valence electrons. The summed E-state index contributed by atoms with van der Waals surface area (Å²) in [7, 11) is 2.17. The molecule has 15 heavy (non-hydrogen) atoms. The van der Waals surface area contributed by atoms with Crippen LogP contribution in [-0.4, -0.2) is 35.9 Å². The lowest BCUT2D eigenvalue weighted by Gasteiger charge is -2.29. The van der Waals surface area contributed by atoms with Crippen LogP contribution in [-0.2, 0) is 6.54 Å². The molecule has 0 aliphatic carbocycles. The van der Waals surface area contributed by atoms with Crippen LogP contribution in [0, 0.1) is 5.92 Å². The van der Waals surface area contributed by atoms with Crippen molar-refractivity contribution in [2.75, 3.05) is 20.1 Å². The summed E-state index contributed by atoms with van der Waals surface area (Å²) in [6.07, 6.45) is 5.43. The first-order chi connectivity index (χ1) is 7.29. The van der Waals surface area contributed by atoms with Crippen molar-refractivity contribution in [2.45, 2.75) is 19.4 Å². The molecule has 3 heteroatoms. The van der Waals surface area contributed by atoms with Gasteiger partial charge in [0, 0.05) is 12.7 Å². The van der Waals surface area contributed by atoms with E-state index < -0.39 is 0 Å². The lowest BCUT2D eigenvalue weighted by atomic mass is 9.97. The van der Waals surface area contributed by atoms with E-state index in [0.29, 0.717) is 0 Å². The lowest BCUT2D eigenvalue weighted by Crippen LogP contribution is -2.32. The molecule has 1 fully saturated rings. The highest BCUT2D eigenvalue weighted by Crippen LogP contribution is 2.18. The first-order valence-electron chi connectivity index (χ1n) is 5.58. The third-order valence-electron chi connectivity index (χ3n) is 3.28. The molecule has 0 unspecified atom stereocenters. The maximum Gasteiger partial charge on any atom is 0.166 e. The van der Waals surface area contributed by atoms with Crippen LogP contribution in [0.1, 0.15) is 23.3 Å². The van der Waals surface area contributed by atoms with Crippen LogP contribution in [0.2, 0.25) is 0 Å². The average Bonchev–Trinajstić information content (AvgIpc) is 2.69. The van der Waals surface area contributed by atoms with E-state index in [4.69, 9.17) is 0 Å². The molecule has 2 rings (SSSR count). The fourth-order valence-corrected chi connectivity index (χ4v) is 2.22. The second-order valence-corrected chi connectivity index (χ2v) is 4.45. The van der Waals surface area contributed by atoms with Gasteiger partial charge in [-0.2, -0.15) is 0 Å². The van der Waals surface area contributed by atoms with E-state index in [1.54, 1.807) is 0 Å². The van der Waals surface area contributed by atoms with Gasteiger partial charge in [-0.15, -0.1) is 0 Å². The van der Waals surface area contributed by atoms with Crippen LogP contribution >= 0.6 is 0 Å².